The molecular weight excluding hydrogens is 372 g/mol. The largest absolute Gasteiger partial charge is 0.0622 e. The smallest absolute Gasteiger partial charge is 0.0146 e. The van der Waals surface area contributed by atoms with Gasteiger partial charge in [-0.25, -0.2) is 0 Å². The highest BCUT2D eigenvalue weighted by molar-refractivity contribution is 5.41. The second-order valence-electron chi connectivity index (χ2n) is 9.55. The molecule has 0 fully saturated rings. The van der Waals surface area contributed by atoms with Gasteiger partial charge in [0.1, 0.15) is 0 Å². The Kier molecular flexibility index (Phi) is 5.83. The van der Waals surface area contributed by atoms with Gasteiger partial charge in [-0.3, -0.25) is 0 Å². The van der Waals surface area contributed by atoms with Crippen LogP contribution in [0.4, 0.5) is 0 Å². The summed E-state index contributed by atoms with van der Waals surface area (Å²) in [7, 11) is 0. The lowest BCUT2D eigenvalue weighted by atomic mass is 9.77. The summed E-state index contributed by atoms with van der Waals surface area (Å²) in [6.07, 6.45) is 0.956. The van der Waals surface area contributed by atoms with Crippen LogP contribution in [-0.2, 0) is 17.3 Å². The molecule has 0 aliphatic rings. The fourth-order valence-corrected chi connectivity index (χ4v) is 4.36. The van der Waals surface area contributed by atoms with Gasteiger partial charge in [-0.05, 0) is 39.8 Å². The van der Waals surface area contributed by atoms with Gasteiger partial charge >= 0.3 is 0 Å². The lowest BCUT2D eigenvalue weighted by Gasteiger charge is -2.26. The van der Waals surface area contributed by atoms with Gasteiger partial charge in [0.05, 0.1) is 0 Å². The van der Waals surface area contributed by atoms with Crippen LogP contribution in [0, 0.1) is 0 Å². The molecule has 0 bridgehead atoms. The summed E-state index contributed by atoms with van der Waals surface area (Å²) in [6, 6.07) is 39.8. The van der Waals surface area contributed by atoms with Gasteiger partial charge in [-0.15, -0.1) is 0 Å². The van der Waals surface area contributed by atoms with Gasteiger partial charge in [-0.1, -0.05) is 137 Å². The van der Waals surface area contributed by atoms with Crippen molar-refractivity contribution >= 4 is 0 Å². The van der Waals surface area contributed by atoms with Gasteiger partial charge in [0.25, 0.3) is 0 Å². The van der Waals surface area contributed by atoms with Gasteiger partial charge < -0.3 is 0 Å². The van der Waals surface area contributed by atoms with Crippen LogP contribution < -0.4 is 0 Å². The molecule has 31 heavy (non-hydrogen) atoms. The Hall–Kier alpha value is -3.12. The van der Waals surface area contributed by atoms with E-state index in [2.05, 4.69) is 137 Å². The van der Waals surface area contributed by atoms with E-state index in [4.69, 9.17) is 0 Å². The fourth-order valence-electron chi connectivity index (χ4n) is 4.36. The van der Waals surface area contributed by atoms with E-state index in [1.165, 1.54) is 33.4 Å². The van der Waals surface area contributed by atoms with Crippen LogP contribution in [-0.4, -0.2) is 0 Å². The third-order valence-electron chi connectivity index (χ3n) is 6.75. The normalized spacial score (nSPS) is 12.0. The minimum absolute atomic E-state index is 0.00442. The van der Waals surface area contributed by atoms with Crippen LogP contribution in [0.5, 0.6) is 0 Å². The van der Waals surface area contributed by atoms with Crippen LogP contribution in [0.25, 0.3) is 0 Å². The van der Waals surface area contributed by atoms with Crippen LogP contribution in [0.1, 0.15) is 61.1 Å². The Morgan fingerprint density at radius 3 is 1.00 bits per heavy atom. The number of rotatable bonds is 6. The molecule has 4 rings (SSSR count). The zero-order valence-electron chi connectivity index (χ0n) is 19.1. The van der Waals surface area contributed by atoms with E-state index in [1.807, 2.05) is 0 Å². The molecule has 4 aromatic rings. The standard InChI is InChI=1S/C31H32/c1-30(2,26-11-7-5-8-12-26)28-19-15-24(16-20-28)23-25-17-21-29(22-18-25)31(3,4)27-13-9-6-10-14-27/h5-22H,23H2,1-4H3. The van der Waals surface area contributed by atoms with Crippen molar-refractivity contribution < 1.29 is 0 Å². The summed E-state index contributed by atoms with van der Waals surface area (Å²) in [5, 5.41) is 0. The Morgan fingerprint density at radius 1 is 0.387 bits per heavy atom. The summed E-state index contributed by atoms with van der Waals surface area (Å²) < 4.78 is 0. The lowest BCUT2D eigenvalue weighted by Crippen LogP contribution is -2.18. The quantitative estimate of drug-likeness (QED) is 0.306. The average Bonchev–Trinajstić information content (AvgIpc) is 2.81. The highest BCUT2D eigenvalue weighted by Crippen LogP contribution is 2.33. The Labute approximate surface area is 187 Å². The molecule has 0 saturated heterocycles. The van der Waals surface area contributed by atoms with E-state index < -0.39 is 0 Å². The highest BCUT2D eigenvalue weighted by atomic mass is 14.3. The van der Waals surface area contributed by atoms with Crippen molar-refractivity contribution in [3.8, 4) is 0 Å². The molecule has 0 atom stereocenters. The van der Waals surface area contributed by atoms with Gasteiger partial charge in [0, 0.05) is 10.8 Å². The predicted molar refractivity (Wildman–Crippen MR) is 133 cm³/mol. The molecule has 0 aliphatic heterocycles. The Morgan fingerprint density at radius 2 is 0.677 bits per heavy atom. The van der Waals surface area contributed by atoms with E-state index in [9.17, 15) is 0 Å². The van der Waals surface area contributed by atoms with E-state index in [-0.39, 0.29) is 10.8 Å². The Balaban J connectivity index is 1.49. The molecular formula is C31H32. The third-order valence-corrected chi connectivity index (χ3v) is 6.75. The summed E-state index contributed by atoms with van der Waals surface area (Å²) in [4.78, 5) is 0. The first kappa shape index (κ1) is 21.1. The SMILES string of the molecule is CC(C)(c1ccccc1)c1ccc(Cc2ccc(C(C)(C)c3ccccc3)cc2)cc1. The molecule has 0 spiro atoms. The van der Waals surface area contributed by atoms with Crippen molar-refractivity contribution in [2.24, 2.45) is 0 Å². The molecule has 0 radical (unpaired) electrons. The van der Waals surface area contributed by atoms with Crippen molar-refractivity contribution in [1.29, 1.82) is 0 Å². The molecule has 0 nitrogen and oxygen atoms in total. The zero-order valence-corrected chi connectivity index (χ0v) is 19.1. The summed E-state index contributed by atoms with van der Waals surface area (Å²) in [5.74, 6) is 0. The van der Waals surface area contributed by atoms with Crippen molar-refractivity contribution in [2.45, 2.75) is 44.9 Å². The average molecular weight is 405 g/mol. The molecule has 0 aliphatic carbocycles. The van der Waals surface area contributed by atoms with Crippen molar-refractivity contribution in [2.75, 3.05) is 0 Å². The van der Waals surface area contributed by atoms with Crippen LogP contribution in [0.15, 0.2) is 109 Å². The summed E-state index contributed by atoms with van der Waals surface area (Å²) >= 11 is 0. The first-order chi connectivity index (χ1) is 14.9. The molecule has 0 saturated carbocycles. The maximum Gasteiger partial charge on any atom is 0.0146 e. The highest BCUT2D eigenvalue weighted by Gasteiger charge is 2.23. The van der Waals surface area contributed by atoms with Gasteiger partial charge in [-0.2, -0.15) is 0 Å². The molecule has 0 heterocycles. The monoisotopic (exact) mass is 404 g/mol. The van der Waals surface area contributed by atoms with Crippen molar-refractivity contribution in [3.05, 3.63) is 143 Å². The number of hydrogen-bond acceptors (Lipinski definition) is 0. The molecule has 0 aromatic heterocycles. The maximum atomic E-state index is 2.30. The maximum absolute atomic E-state index is 2.30. The molecule has 0 unspecified atom stereocenters. The van der Waals surface area contributed by atoms with E-state index in [0.29, 0.717) is 0 Å². The number of benzene rings is 4. The third kappa shape index (κ3) is 4.49. The van der Waals surface area contributed by atoms with E-state index in [1.54, 1.807) is 0 Å². The second kappa shape index (κ2) is 8.55. The minimum Gasteiger partial charge on any atom is -0.0622 e. The zero-order chi connectivity index (χ0) is 21.9. The second-order valence-corrected chi connectivity index (χ2v) is 9.55. The van der Waals surface area contributed by atoms with Crippen molar-refractivity contribution in [3.63, 3.8) is 0 Å². The van der Waals surface area contributed by atoms with Crippen molar-refractivity contribution in [1.82, 2.24) is 0 Å². The lowest BCUT2D eigenvalue weighted by molar-refractivity contribution is 0.640. The predicted octanol–water partition coefficient (Wildman–Crippen LogP) is 7.93. The fraction of sp³-hybridized carbons (Fsp3) is 0.226. The molecule has 4 aromatic carbocycles. The Bertz CT molecular complexity index is 1010. The van der Waals surface area contributed by atoms with E-state index in [0.717, 1.165) is 6.42 Å². The summed E-state index contributed by atoms with van der Waals surface area (Å²) in [5.41, 5.74) is 8.10. The topological polar surface area (TPSA) is 0 Å². The summed E-state index contributed by atoms with van der Waals surface area (Å²) in [6.45, 7) is 9.18. The first-order valence-electron chi connectivity index (χ1n) is 11.2. The van der Waals surface area contributed by atoms with Crippen LogP contribution in [0.2, 0.25) is 0 Å². The molecule has 0 heteroatoms. The van der Waals surface area contributed by atoms with Crippen LogP contribution >= 0.6 is 0 Å². The van der Waals surface area contributed by atoms with E-state index >= 15 is 0 Å². The minimum atomic E-state index is 0.00442. The number of hydrogen-bond donors (Lipinski definition) is 0. The first-order valence-corrected chi connectivity index (χ1v) is 11.2. The molecule has 156 valence electrons. The molecule has 0 N–H and O–H groups in total. The van der Waals surface area contributed by atoms with Gasteiger partial charge in [0.15, 0.2) is 0 Å². The van der Waals surface area contributed by atoms with Crippen LogP contribution in [0.3, 0.4) is 0 Å². The van der Waals surface area contributed by atoms with Gasteiger partial charge in [0.2, 0.25) is 0 Å². The molecule has 0 amide bonds.